The third-order valence-electron chi connectivity index (χ3n) is 6.12. The highest BCUT2D eigenvalue weighted by Gasteiger charge is 2.55. The summed E-state index contributed by atoms with van der Waals surface area (Å²) >= 11 is 0. The molecule has 0 bridgehead atoms. The van der Waals surface area contributed by atoms with E-state index in [-0.39, 0.29) is 23.5 Å². The van der Waals surface area contributed by atoms with Crippen molar-refractivity contribution in [2.45, 2.75) is 98.0 Å². The Kier molecular flexibility index (Phi) is 9.58. The standard InChI is InChI=1S/C23H40O4/c1-5-7-9-14-19(24)23(21(26)27,18-12-10-11-13-18)20(25)15-17-22(3,4)16-8-6-2/h7,9,15,18-19,24-25H,5-6,8,10-14,16-17H2,1-4H3,(H,26,27)/b9-7-,20-15+/t19-,23-/m1/s1. The van der Waals surface area contributed by atoms with E-state index in [2.05, 4.69) is 20.8 Å². The molecule has 0 spiro atoms. The van der Waals surface area contributed by atoms with E-state index in [1.807, 2.05) is 19.1 Å². The van der Waals surface area contributed by atoms with Gasteiger partial charge < -0.3 is 15.3 Å². The lowest BCUT2D eigenvalue weighted by Gasteiger charge is -2.38. The van der Waals surface area contributed by atoms with E-state index >= 15 is 0 Å². The Labute approximate surface area is 165 Å². The summed E-state index contributed by atoms with van der Waals surface area (Å²) in [5, 5.41) is 32.1. The number of carboxylic acids is 1. The molecule has 0 heterocycles. The van der Waals surface area contributed by atoms with Gasteiger partial charge in [0.25, 0.3) is 0 Å². The molecule has 2 atom stereocenters. The Morgan fingerprint density at radius 1 is 1.15 bits per heavy atom. The molecule has 27 heavy (non-hydrogen) atoms. The molecule has 1 aliphatic carbocycles. The summed E-state index contributed by atoms with van der Waals surface area (Å²) in [6.07, 6.45) is 12.6. The zero-order valence-corrected chi connectivity index (χ0v) is 17.7. The fraction of sp³-hybridized carbons (Fsp3) is 0.783. The topological polar surface area (TPSA) is 77.8 Å². The fourth-order valence-corrected chi connectivity index (χ4v) is 4.34. The van der Waals surface area contributed by atoms with Crippen molar-refractivity contribution in [3.8, 4) is 0 Å². The first-order chi connectivity index (χ1) is 12.7. The van der Waals surface area contributed by atoms with Crippen molar-refractivity contribution in [1.82, 2.24) is 0 Å². The van der Waals surface area contributed by atoms with Crippen molar-refractivity contribution in [2.75, 3.05) is 0 Å². The normalized spacial score (nSPS) is 20.1. The van der Waals surface area contributed by atoms with Crippen molar-refractivity contribution in [2.24, 2.45) is 16.7 Å². The van der Waals surface area contributed by atoms with Gasteiger partial charge in [-0.05, 0) is 55.9 Å². The van der Waals surface area contributed by atoms with E-state index in [9.17, 15) is 20.1 Å². The van der Waals surface area contributed by atoms with Crippen LogP contribution in [0, 0.1) is 16.7 Å². The van der Waals surface area contributed by atoms with Crippen LogP contribution in [0.5, 0.6) is 0 Å². The number of rotatable bonds is 12. The summed E-state index contributed by atoms with van der Waals surface area (Å²) in [6.45, 7) is 8.44. The van der Waals surface area contributed by atoms with E-state index in [4.69, 9.17) is 0 Å². The number of hydrogen-bond acceptors (Lipinski definition) is 3. The minimum Gasteiger partial charge on any atom is -0.511 e. The van der Waals surface area contributed by atoms with E-state index in [0.29, 0.717) is 6.42 Å². The average Bonchev–Trinajstić information content (AvgIpc) is 3.13. The molecule has 1 rings (SSSR count). The van der Waals surface area contributed by atoms with Crippen molar-refractivity contribution < 1.29 is 20.1 Å². The number of hydrogen-bond donors (Lipinski definition) is 3. The molecule has 0 amide bonds. The molecule has 4 nitrogen and oxygen atoms in total. The van der Waals surface area contributed by atoms with Gasteiger partial charge in [-0.2, -0.15) is 0 Å². The van der Waals surface area contributed by atoms with Crippen LogP contribution in [0.1, 0.15) is 91.9 Å². The highest BCUT2D eigenvalue weighted by molar-refractivity contribution is 5.79. The zero-order chi connectivity index (χ0) is 20.5. The number of carboxylic acid groups (broad SMARTS) is 1. The Hall–Kier alpha value is -1.29. The van der Waals surface area contributed by atoms with Crippen LogP contribution in [0.2, 0.25) is 0 Å². The molecule has 0 radical (unpaired) electrons. The molecule has 4 heteroatoms. The van der Waals surface area contributed by atoms with Crippen LogP contribution in [-0.4, -0.2) is 27.4 Å². The number of carbonyl (C=O) groups is 1. The number of allylic oxidation sites excluding steroid dienone is 2. The number of aliphatic hydroxyl groups excluding tert-OH is 2. The zero-order valence-electron chi connectivity index (χ0n) is 17.7. The van der Waals surface area contributed by atoms with Crippen LogP contribution >= 0.6 is 0 Å². The maximum absolute atomic E-state index is 12.4. The molecule has 0 aromatic rings. The van der Waals surface area contributed by atoms with Crippen molar-refractivity contribution in [1.29, 1.82) is 0 Å². The van der Waals surface area contributed by atoms with Gasteiger partial charge in [0, 0.05) is 0 Å². The predicted molar refractivity (Wildman–Crippen MR) is 111 cm³/mol. The molecular weight excluding hydrogens is 340 g/mol. The molecule has 156 valence electrons. The summed E-state index contributed by atoms with van der Waals surface area (Å²) in [4.78, 5) is 12.4. The first-order valence-corrected chi connectivity index (χ1v) is 10.7. The third-order valence-corrected chi connectivity index (χ3v) is 6.12. The Bertz CT molecular complexity index is 514. The SMILES string of the molecule is CC/C=C\C[C@@H](O)[C@@](C(=O)O)(/C(O)=C\CC(C)(C)CCCC)C1CCCC1. The third kappa shape index (κ3) is 6.10. The van der Waals surface area contributed by atoms with Crippen LogP contribution in [-0.2, 0) is 4.79 Å². The van der Waals surface area contributed by atoms with Crippen LogP contribution in [0.25, 0.3) is 0 Å². The predicted octanol–water partition coefficient (Wildman–Crippen LogP) is 6.01. The average molecular weight is 381 g/mol. The number of aliphatic hydroxyl groups is 2. The maximum Gasteiger partial charge on any atom is 0.320 e. The van der Waals surface area contributed by atoms with E-state index < -0.39 is 17.5 Å². The van der Waals surface area contributed by atoms with E-state index in [1.165, 1.54) is 0 Å². The second-order valence-corrected chi connectivity index (χ2v) is 8.85. The summed E-state index contributed by atoms with van der Waals surface area (Å²) in [5.74, 6) is -1.48. The molecular formula is C23H40O4. The molecule has 0 aromatic heterocycles. The Morgan fingerprint density at radius 3 is 2.30 bits per heavy atom. The highest BCUT2D eigenvalue weighted by Crippen LogP contribution is 2.48. The fourth-order valence-electron chi connectivity index (χ4n) is 4.34. The lowest BCUT2D eigenvalue weighted by molar-refractivity contribution is -0.161. The minimum absolute atomic E-state index is 0.00300. The van der Waals surface area contributed by atoms with Crippen molar-refractivity contribution >= 4 is 5.97 Å². The van der Waals surface area contributed by atoms with Gasteiger partial charge in [0.1, 0.15) is 5.76 Å². The van der Waals surface area contributed by atoms with Crippen molar-refractivity contribution in [3.05, 3.63) is 24.0 Å². The highest BCUT2D eigenvalue weighted by atomic mass is 16.4. The largest absolute Gasteiger partial charge is 0.511 e. The van der Waals surface area contributed by atoms with E-state index in [1.54, 1.807) is 6.08 Å². The monoisotopic (exact) mass is 380 g/mol. The molecule has 0 aliphatic heterocycles. The van der Waals surface area contributed by atoms with Gasteiger partial charge in [0.15, 0.2) is 5.41 Å². The molecule has 0 unspecified atom stereocenters. The van der Waals surface area contributed by atoms with Gasteiger partial charge in [-0.1, -0.05) is 65.5 Å². The molecule has 0 saturated heterocycles. The summed E-state index contributed by atoms with van der Waals surface area (Å²) in [6, 6.07) is 0. The van der Waals surface area contributed by atoms with Gasteiger partial charge in [-0.15, -0.1) is 0 Å². The van der Waals surface area contributed by atoms with Gasteiger partial charge in [-0.3, -0.25) is 4.79 Å². The minimum atomic E-state index is -1.60. The summed E-state index contributed by atoms with van der Waals surface area (Å²) in [5.41, 5.74) is -1.60. The quantitative estimate of drug-likeness (QED) is 0.286. The molecule has 1 aliphatic rings. The van der Waals surface area contributed by atoms with Gasteiger partial charge in [-0.25, -0.2) is 0 Å². The van der Waals surface area contributed by atoms with Crippen LogP contribution < -0.4 is 0 Å². The Balaban J connectivity index is 3.19. The van der Waals surface area contributed by atoms with Crippen LogP contribution in [0.3, 0.4) is 0 Å². The van der Waals surface area contributed by atoms with Gasteiger partial charge in [0.2, 0.25) is 0 Å². The second kappa shape index (κ2) is 10.9. The Morgan fingerprint density at radius 2 is 1.78 bits per heavy atom. The molecule has 0 aromatic carbocycles. The summed E-state index contributed by atoms with van der Waals surface area (Å²) in [7, 11) is 0. The van der Waals surface area contributed by atoms with Gasteiger partial charge >= 0.3 is 5.97 Å². The summed E-state index contributed by atoms with van der Waals surface area (Å²) < 4.78 is 0. The maximum atomic E-state index is 12.4. The molecule has 3 N–H and O–H groups in total. The van der Waals surface area contributed by atoms with E-state index in [0.717, 1.165) is 51.4 Å². The lowest BCUT2D eigenvalue weighted by Crippen LogP contribution is -2.49. The molecule has 1 saturated carbocycles. The van der Waals surface area contributed by atoms with Crippen LogP contribution in [0.4, 0.5) is 0 Å². The number of unbranched alkanes of at least 4 members (excludes halogenated alkanes) is 1. The smallest absolute Gasteiger partial charge is 0.320 e. The lowest BCUT2D eigenvalue weighted by atomic mass is 9.67. The first-order valence-electron chi connectivity index (χ1n) is 10.7. The number of aliphatic carboxylic acids is 1. The molecule has 1 fully saturated rings. The first kappa shape index (κ1) is 23.7. The van der Waals surface area contributed by atoms with Crippen LogP contribution in [0.15, 0.2) is 24.0 Å². The van der Waals surface area contributed by atoms with Gasteiger partial charge in [0.05, 0.1) is 6.10 Å². The van der Waals surface area contributed by atoms with Crippen molar-refractivity contribution in [3.63, 3.8) is 0 Å². The second-order valence-electron chi connectivity index (χ2n) is 8.85.